The highest BCUT2D eigenvalue weighted by Crippen LogP contribution is 2.27. The van der Waals surface area contributed by atoms with Gasteiger partial charge in [-0.3, -0.25) is 9.20 Å². The number of halogens is 2. The van der Waals surface area contributed by atoms with Crippen molar-refractivity contribution in [3.8, 4) is 11.3 Å². The van der Waals surface area contributed by atoms with E-state index >= 15 is 0 Å². The molecule has 162 valence electrons. The van der Waals surface area contributed by atoms with E-state index in [0.29, 0.717) is 11.3 Å². The number of hydrogen-bond acceptors (Lipinski definition) is 4. The van der Waals surface area contributed by atoms with Crippen LogP contribution in [0.5, 0.6) is 0 Å². The van der Waals surface area contributed by atoms with Gasteiger partial charge in [-0.1, -0.05) is 12.1 Å². The summed E-state index contributed by atoms with van der Waals surface area (Å²) in [4.78, 5) is 28.9. The molecule has 0 aliphatic carbocycles. The van der Waals surface area contributed by atoms with Crippen LogP contribution in [-0.2, 0) is 0 Å². The summed E-state index contributed by atoms with van der Waals surface area (Å²) < 4.78 is 29.0. The topological polar surface area (TPSA) is 83.7 Å². The monoisotopic (exact) mass is 435 g/mol. The third-order valence-corrected chi connectivity index (χ3v) is 5.13. The Morgan fingerprint density at radius 3 is 2.59 bits per heavy atom. The van der Waals surface area contributed by atoms with Crippen molar-refractivity contribution in [2.75, 3.05) is 5.32 Å². The molecule has 0 bridgehead atoms. The lowest BCUT2D eigenvalue weighted by atomic mass is 10.1. The maximum atomic E-state index is 14.3. The predicted octanol–water partition coefficient (Wildman–Crippen LogP) is 4.82. The zero-order valence-corrected chi connectivity index (χ0v) is 17.3. The number of aromatic carboxylic acids is 1. The summed E-state index contributed by atoms with van der Waals surface area (Å²) in [6.45, 7) is 3.63. The zero-order valence-electron chi connectivity index (χ0n) is 17.3. The van der Waals surface area contributed by atoms with E-state index in [2.05, 4.69) is 10.3 Å². The fraction of sp³-hybridized carbons (Fsp3) is 0.125. The van der Waals surface area contributed by atoms with Crippen molar-refractivity contribution < 1.29 is 18.7 Å². The molecule has 1 atom stereocenters. The van der Waals surface area contributed by atoms with Crippen molar-refractivity contribution in [1.29, 1.82) is 0 Å². The van der Waals surface area contributed by atoms with Gasteiger partial charge < -0.3 is 10.4 Å². The number of nitrogens with one attached hydrogen (secondary N) is 1. The highest BCUT2D eigenvalue weighted by Gasteiger charge is 2.18. The van der Waals surface area contributed by atoms with Gasteiger partial charge in [0.15, 0.2) is 0 Å². The molecule has 2 aromatic carbocycles. The molecule has 8 heteroatoms. The number of pyridine rings is 1. The van der Waals surface area contributed by atoms with Gasteiger partial charge in [0.05, 0.1) is 17.3 Å². The summed E-state index contributed by atoms with van der Waals surface area (Å²) in [5.41, 5.74) is 1.88. The molecule has 2 heterocycles. The normalized spacial score (nSPS) is 12.0. The lowest BCUT2D eigenvalue weighted by Gasteiger charge is -2.20. The van der Waals surface area contributed by atoms with Gasteiger partial charge >= 0.3 is 5.97 Å². The van der Waals surface area contributed by atoms with Crippen LogP contribution in [0.3, 0.4) is 0 Å². The molecule has 0 saturated heterocycles. The van der Waals surface area contributed by atoms with Gasteiger partial charge in [-0.25, -0.2) is 18.6 Å². The fourth-order valence-corrected chi connectivity index (χ4v) is 3.63. The lowest BCUT2D eigenvalue weighted by molar-refractivity contribution is 0.0698. The standard InChI is InChI=1S/C24H19F2N3O3/c1-13-9-18(14(2)27-20-6-4-3-5-17(20)24(31)32)23-28-21(11-22(30)29(23)12-13)16-8-7-15(25)10-19(16)26/h3-12,14,27H,1-2H3,(H,31,32)/t14-/m1/s1. The molecule has 2 N–H and O–H groups in total. The second-order valence-electron chi connectivity index (χ2n) is 7.49. The highest BCUT2D eigenvalue weighted by molar-refractivity contribution is 5.94. The van der Waals surface area contributed by atoms with Gasteiger partial charge in [0.2, 0.25) is 0 Å². The summed E-state index contributed by atoms with van der Waals surface area (Å²) in [7, 11) is 0. The van der Waals surface area contributed by atoms with E-state index in [9.17, 15) is 23.5 Å². The molecule has 0 fully saturated rings. The van der Waals surface area contributed by atoms with Gasteiger partial charge in [0.25, 0.3) is 5.56 Å². The minimum atomic E-state index is -1.07. The second kappa shape index (κ2) is 8.22. The minimum absolute atomic E-state index is 0.00867. The summed E-state index contributed by atoms with van der Waals surface area (Å²) in [6.07, 6.45) is 1.62. The molecule has 2 aromatic heterocycles. The average molecular weight is 435 g/mol. The number of carbonyl (C=O) groups is 1. The number of carboxylic acids is 1. The van der Waals surface area contributed by atoms with Crippen LogP contribution in [0.4, 0.5) is 14.5 Å². The van der Waals surface area contributed by atoms with Crippen molar-refractivity contribution in [1.82, 2.24) is 9.38 Å². The van der Waals surface area contributed by atoms with E-state index in [-0.39, 0.29) is 22.5 Å². The molecule has 6 nitrogen and oxygen atoms in total. The Hall–Kier alpha value is -4.07. The molecule has 0 aliphatic rings. The van der Waals surface area contributed by atoms with Crippen molar-refractivity contribution in [2.24, 2.45) is 0 Å². The Balaban J connectivity index is 1.87. The fourth-order valence-electron chi connectivity index (χ4n) is 3.63. The molecule has 32 heavy (non-hydrogen) atoms. The minimum Gasteiger partial charge on any atom is -0.478 e. The first-order valence-electron chi connectivity index (χ1n) is 9.83. The summed E-state index contributed by atoms with van der Waals surface area (Å²) in [6, 6.07) is 12.2. The van der Waals surface area contributed by atoms with Crippen LogP contribution >= 0.6 is 0 Å². The summed E-state index contributed by atoms with van der Waals surface area (Å²) in [5, 5.41) is 12.6. The molecule has 4 rings (SSSR count). The van der Waals surface area contributed by atoms with E-state index in [1.807, 2.05) is 19.9 Å². The lowest BCUT2D eigenvalue weighted by Crippen LogP contribution is -2.19. The van der Waals surface area contributed by atoms with Crippen LogP contribution in [0, 0.1) is 18.6 Å². The molecule has 0 unspecified atom stereocenters. The number of rotatable bonds is 5. The average Bonchev–Trinajstić information content (AvgIpc) is 2.74. The van der Waals surface area contributed by atoms with Crippen LogP contribution in [-0.4, -0.2) is 20.5 Å². The maximum absolute atomic E-state index is 14.3. The molecular formula is C24H19F2N3O3. The number of benzene rings is 2. The second-order valence-corrected chi connectivity index (χ2v) is 7.49. The first kappa shape index (κ1) is 21.2. The first-order chi connectivity index (χ1) is 15.2. The largest absolute Gasteiger partial charge is 0.478 e. The predicted molar refractivity (Wildman–Crippen MR) is 117 cm³/mol. The number of nitrogens with zero attached hydrogens (tertiary/aromatic N) is 2. The first-order valence-corrected chi connectivity index (χ1v) is 9.83. The molecule has 4 aromatic rings. The summed E-state index contributed by atoms with van der Waals surface area (Å²) >= 11 is 0. The molecule has 0 radical (unpaired) electrons. The molecule has 0 spiro atoms. The zero-order chi connectivity index (χ0) is 23.0. The van der Waals surface area contributed by atoms with E-state index < -0.39 is 29.2 Å². The maximum Gasteiger partial charge on any atom is 0.337 e. The van der Waals surface area contributed by atoms with E-state index in [1.165, 1.54) is 22.6 Å². The Morgan fingerprint density at radius 1 is 1.12 bits per heavy atom. The van der Waals surface area contributed by atoms with Crippen LogP contribution in [0.1, 0.15) is 34.5 Å². The number of carboxylic acid groups (broad SMARTS) is 1. The van der Waals surface area contributed by atoms with Crippen LogP contribution in [0.15, 0.2) is 65.6 Å². The third kappa shape index (κ3) is 3.94. The van der Waals surface area contributed by atoms with Gasteiger partial charge in [-0.2, -0.15) is 0 Å². The van der Waals surface area contributed by atoms with E-state index in [0.717, 1.165) is 17.7 Å². The van der Waals surface area contributed by atoms with E-state index in [4.69, 9.17) is 0 Å². The Bertz CT molecular complexity index is 1420. The van der Waals surface area contributed by atoms with E-state index in [1.54, 1.807) is 24.4 Å². The SMILES string of the molecule is Cc1cc([C@@H](C)Nc2ccccc2C(=O)O)c2nc(-c3ccc(F)cc3F)cc(=O)n2c1. The molecule has 0 saturated carbocycles. The van der Waals surface area contributed by atoms with Gasteiger partial charge in [-0.05, 0) is 49.7 Å². The molecule has 0 amide bonds. The number of aryl methyl sites for hydroxylation is 1. The van der Waals surface area contributed by atoms with Crippen molar-refractivity contribution in [2.45, 2.75) is 19.9 Å². The number of anilines is 1. The quantitative estimate of drug-likeness (QED) is 0.470. The smallest absolute Gasteiger partial charge is 0.337 e. The van der Waals surface area contributed by atoms with Crippen molar-refractivity contribution >= 4 is 17.3 Å². The third-order valence-electron chi connectivity index (χ3n) is 5.13. The van der Waals surface area contributed by atoms with Crippen molar-refractivity contribution in [3.05, 3.63) is 99.5 Å². The number of hydrogen-bond donors (Lipinski definition) is 2. The van der Waals surface area contributed by atoms with Crippen LogP contribution in [0.2, 0.25) is 0 Å². The number of aromatic nitrogens is 2. The van der Waals surface area contributed by atoms with Crippen molar-refractivity contribution in [3.63, 3.8) is 0 Å². The van der Waals surface area contributed by atoms with Gasteiger partial charge in [0.1, 0.15) is 17.3 Å². The van der Waals surface area contributed by atoms with Crippen LogP contribution < -0.4 is 10.9 Å². The van der Waals surface area contributed by atoms with Gasteiger partial charge in [0, 0.05) is 35.1 Å². The Morgan fingerprint density at radius 2 is 1.88 bits per heavy atom. The number of para-hydroxylation sites is 1. The summed E-state index contributed by atoms with van der Waals surface area (Å²) in [5.74, 6) is -2.62. The highest BCUT2D eigenvalue weighted by atomic mass is 19.1. The number of fused-ring (bicyclic) bond motifs is 1. The Labute approximate surface area is 181 Å². The van der Waals surface area contributed by atoms with Gasteiger partial charge in [-0.15, -0.1) is 0 Å². The molecular weight excluding hydrogens is 416 g/mol. The van der Waals surface area contributed by atoms with Crippen LogP contribution in [0.25, 0.3) is 16.9 Å². The molecule has 0 aliphatic heterocycles. The Kier molecular flexibility index (Phi) is 5.44.